The van der Waals surface area contributed by atoms with E-state index in [0.29, 0.717) is 17.6 Å². The molecule has 1 heterocycles. The molecule has 0 atom stereocenters. The van der Waals surface area contributed by atoms with Gasteiger partial charge in [0, 0.05) is 6.04 Å². The summed E-state index contributed by atoms with van der Waals surface area (Å²) in [6, 6.07) is 14.3. The maximum Gasteiger partial charge on any atom is 0.238 e. The summed E-state index contributed by atoms with van der Waals surface area (Å²) in [7, 11) is -3.74. The predicted octanol–water partition coefficient (Wildman–Crippen LogP) is 3.37. The van der Waals surface area contributed by atoms with Gasteiger partial charge < -0.3 is 4.57 Å². The minimum atomic E-state index is -3.74. The van der Waals surface area contributed by atoms with Crippen LogP contribution < -0.4 is 10.5 Å². The lowest BCUT2D eigenvalue weighted by Gasteiger charge is -2.25. The number of benzene rings is 2. The summed E-state index contributed by atoms with van der Waals surface area (Å²) >= 11 is 0. The Morgan fingerprint density at radius 3 is 2.45 bits per heavy atom. The summed E-state index contributed by atoms with van der Waals surface area (Å²) in [6.07, 6.45) is 5.90. The van der Waals surface area contributed by atoms with Crippen molar-refractivity contribution in [3.05, 3.63) is 54.1 Å². The maximum absolute atomic E-state index is 12.7. The first-order chi connectivity index (χ1) is 13.9. The van der Waals surface area contributed by atoms with E-state index in [4.69, 9.17) is 5.14 Å². The average molecular weight is 413 g/mol. The molecule has 1 aliphatic carbocycles. The van der Waals surface area contributed by atoms with E-state index < -0.39 is 10.0 Å². The number of primary sulfonamides is 1. The molecule has 4 rings (SSSR count). The van der Waals surface area contributed by atoms with E-state index in [2.05, 4.69) is 14.9 Å². The van der Waals surface area contributed by atoms with Gasteiger partial charge in [-0.25, -0.2) is 18.5 Å². The van der Waals surface area contributed by atoms with Crippen molar-refractivity contribution < 1.29 is 13.2 Å². The van der Waals surface area contributed by atoms with Crippen molar-refractivity contribution in [3.8, 4) is 0 Å². The van der Waals surface area contributed by atoms with Gasteiger partial charge in [0.15, 0.2) is 0 Å². The number of hydrogen-bond donors (Lipinski definition) is 2. The second-order valence-corrected chi connectivity index (χ2v) is 9.06. The number of imidazole rings is 1. The van der Waals surface area contributed by atoms with Crippen molar-refractivity contribution in [1.29, 1.82) is 0 Å². The maximum atomic E-state index is 12.7. The number of amides is 1. The minimum Gasteiger partial charge on any atom is -0.307 e. The topological polar surface area (TPSA) is 107 Å². The van der Waals surface area contributed by atoms with Crippen molar-refractivity contribution in [2.45, 2.75) is 49.5 Å². The summed E-state index contributed by atoms with van der Waals surface area (Å²) in [6.45, 7) is 0. The number of hydrogen-bond acceptors (Lipinski definition) is 4. The molecule has 0 radical (unpaired) electrons. The highest BCUT2D eigenvalue weighted by atomic mass is 32.2. The highest BCUT2D eigenvalue weighted by Crippen LogP contribution is 2.34. The van der Waals surface area contributed by atoms with Gasteiger partial charge in [-0.2, -0.15) is 0 Å². The molecule has 0 spiro atoms. The molecule has 1 saturated carbocycles. The van der Waals surface area contributed by atoms with Crippen LogP contribution in [0.5, 0.6) is 0 Å². The molecule has 0 saturated heterocycles. The summed E-state index contributed by atoms with van der Waals surface area (Å²) in [5, 5.41) is 8.08. The van der Waals surface area contributed by atoms with E-state index >= 15 is 0 Å². The third-order valence-corrected chi connectivity index (χ3v) is 6.33. The molecule has 8 heteroatoms. The van der Waals surface area contributed by atoms with Crippen LogP contribution in [0.1, 0.15) is 43.7 Å². The monoisotopic (exact) mass is 412 g/mol. The van der Waals surface area contributed by atoms with Crippen LogP contribution in [-0.4, -0.2) is 23.9 Å². The van der Waals surface area contributed by atoms with E-state index in [1.165, 1.54) is 31.4 Å². The lowest BCUT2D eigenvalue weighted by atomic mass is 9.95. The number of carbonyl (C=O) groups is 1. The molecule has 2 aromatic carbocycles. The number of rotatable bonds is 5. The molecule has 0 bridgehead atoms. The zero-order chi connectivity index (χ0) is 20.4. The molecule has 1 aliphatic rings. The Labute approximate surface area is 170 Å². The van der Waals surface area contributed by atoms with Gasteiger partial charge in [0.1, 0.15) is 0 Å². The van der Waals surface area contributed by atoms with E-state index in [0.717, 1.165) is 23.9 Å². The van der Waals surface area contributed by atoms with E-state index in [1.54, 1.807) is 12.1 Å². The van der Waals surface area contributed by atoms with Crippen LogP contribution in [0.25, 0.3) is 11.0 Å². The van der Waals surface area contributed by atoms with Crippen LogP contribution in [0.2, 0.25) is 0 Å². The van der Waals surface area contributed by atoms with Crippen LogP contribution in [0, 0.1) is 0 Å². The number of anilines is 1. The molecule has 0 aliphatic heterocycles. The Bertz CT molecular complexity index is 1130. The molecule has 0 unspecified atom stereocenters. The highest BCUT2D eigenvalue weighted by molar-refractivity contribution is 7.89. The Balaban J connectivity index is 1.56. The lowest BCUT2D eigenvalue weighted by Crippen LogP contribution is -2.21. The van der Waals surface area contributed by atoms with Gasteiger partial charge in [-0.15, -0.1) is 0 Å². The summed E-state index contributed by atoms with van der Waals surface area (Å²) in [5.41, 5.74) is 2.60. The van der Waals surface area contributed by atoms with Crippen molar-refractivity contribution >= 4 is 32.9 Å². The molecular formula is C21H24N4O3S. The minimum absolute atomic E-state index is 0.0285. The van der Waals surface area contributed by atoms with Crippen LogP contribution in [0.15, 0.2) is 53.4 Å². The van der Waals surface area contributed by atoms with Crippen LogP contribution in [-0.2, 0) is 21.2 Å². The Morgan fingerprint density at radius 2 is 1.76 bits per heavy atom. The molecule has 152 valence electrons. The second kappa shape index (κ2) is 7.96. The van der Waals surface area contributed by atoms with Crippen molar-refractivity contribution in [2.24, 2.45) is 5.14 Å². The van der Waals surface area contributed by atoms with Crippen molar-refractivity contribution in [2.75, 3.05) is 5.32 Å². The first-order valence-electron chi connectivity index (χ1n) is 9.80. The number of nitrogens with two attached hydrogens (primary N) is 1. The lowest BCUT2D eigenvalue weighted by molar-refractivity contribution is -0.115. The second-order valence-electron chi connectivity index (χ2n) is 7.50. The normalized spacial score (nSPS) is 15.5. The fourth-order valence-electron chi connectivity index (χ4n) is 3.99. The van der Waals surface area contributed by atoms with Crippen LogP contribution >= 0.6 is 0 Å². The van der Waals surface area contributed by atoms with Gasteiger partial charge in [-0.3, -0.25) is 10.1 Å². The number of sulfonamides is 1. The quantitative estimate of drug-likeness (QED) is 0.670. The Hall–Kier alpha value is -2.71. The molecule has 1 fully saturated rings. The Morgan fingerprint density at radius 1 is 1.07 bits per heavy atom. The number of aromatic nitrogens is 2. The number of fused-ring (bicyclic) bond motifs is 1. The largest absolute Gasteiger partial charge is 0.307 e. The van der Waals surface area contributed by atoms with E-state index in [9.17, 15) is 13.2 Å². The molecule has 1 aromatic heterocycles. The third-order valence-electron chi connectivity index (χ3n) is 5.40. The fourth-order valence-corrected chi connectivity index (χ4v) is 4.51. The van der Waals surface area contributed by atoms with Gasteiger partial charge in [0.25, 0.3) is 0 Å². The smallest absolute Gasteiger partial charge is 0.238 e. The SMILES string of the molecule is NS(=O)(=O)c1ccc(CC(=O)Nc2nc3ccccc3n2C2CCCCC2)cc1. The molecule has 7 nitrogen and oxygen atoms in total. The number of carbonyl (C=O) groups excluding carboxylic acids is 1. The molecule has 3 aromatic rings. The predicted molar refractivity (Wildman–Crippen MR) is 112 cm³/mol. The standard InChI is InChI=1S/C21H24N4O3S/c22-29(27,28)17-12-10-15(11-13-17)14-20(26)24-21-23-18-8-4-5-9-19(18)25(21)16-6-2-1-3-7-16/h4-5,8-13,16H,1-3,6-7,14H2,(H2,22,27,28)(H,23,24,26). The van der Waals surface area contributed by atoms with E-state index in [-0.39, 0.29) is 17.2 Å². The number of nitrogens with zero attached hydrogens (tertiary/aromatic N) is 2. The third kappa shape index (κ3) is 4.33. The van der Waals surface area contributed by atoms with Gasteiger partial charge >= 0.3 is 0 Å². The first-order valence-corrected chi connectivity index (χ1v) is 11.3. The van der Waals surface area contributed by atoms with Gasteiger partial charge in [-0.1, -0.05) is 43.5 Å². The summed E-state index contributed by atoms with van der Waals surface area (Å²) in [4.78, 5) is 17.3. The number of nitrogens with one attached hydrogen (secondary N) is 1. The molecular weight excluding hydrogens is 388 g/mol. The van der Waals surface area contributed by atoms with Crippen LogP contribution in [0.3, 0.4) is 0 Å². The Kier molecular flexibility index (Phi) is 5.38. The van der Waals surface area contributed by atoms with Gasteiger partial charge in [0.2, 0.25) is 21.9 Å². The van der Waals surface area contributed by atoms with Gasteiger partial charge in [0.05, 0.1) is 22.3 Å². The zero-order valence-electron chi connectivity index (χ0n) is 16.0. The molecule has 1 amide bonds. The molecule has 29 heavy (non-hydrogen) atoms. The number of para-hydroxylation sites is 2. The molecule has 3 N–H and O–H groups in total. The summed E-state index contributed by atoms with van der Waals surface area (Å²) < 4.78 is 24.9. The van der Waals surface area contributed by atoms with E-state index in [1.807, 2.05) is 24.3 Å². The highest BCUT2D eigenvalue weighted by Gasteiger charge is 2.22. The van der Waals surface area contributed by atoms with Crippen molar-refractivity contribution in [1.82, 2.24) is 9.55 Å². The van der Waals surface area contributed by atoms with Gasteiger partial charge in [-0.05, 0) is 42.7 Å². The van der Waals surface area contributed by atoms with Crippen LogP contribution in [0.4, 0.5) is 5.95 Å². The van der Waals surface area contributed by atoms with Crippen molar-refractivity contribution in [3.63, 3.8) is 0 Å². The fraction of sp³-hybridized carbons (Fsp3) is 0.333. The summed E-state index contributed by atoms with van der Waals surface area (Å²) in [5.74, 6) is 0.380. The average Bonchev–Trinajstić information content (AvgIpc) is 3.06. The first kappa shape index (κ1) is 19.6. The zero-order valence-corrected chi connectivity index (χ0v) is 16.9.